The Morgan fingerprint density at radius 2 is 2.08 bits per heavy atom. The molecular weight excluding hydrogens is 346 g/mol. The van der Waals surface area contributed by atoms with Crippen molar-refractivity contribution in [3.8, 4) is 5.75 Å². The summed E-state index contributed by atoms with van der Waals surface area (Å²) in [5.74, 6) is 1.24. The van der Waals surface area contributed by atoms with Crippen molar-refractivity contribution in [2.24, 2.45) is 0 Å². The molecule has 2 heterocycles. The van der Waals surface area contributed by atoms with E-state index in [1.165, 1.54) is 11.8 Å². The van der Waals surface area contributed by atoms with Gasteiger partial charge in [0.15, 0.2) is 5.16 Å². The molecule has 1 aromatic heterocycles. The third-order valence-electron chi connectivity index (χ3n) is 4.56. The quantitative estimate of drug-likeness (QED) is 0.697. The predicted octanol–water partition coefficient (Wildman–Crippen LogP) is 3.79. The molecule has 3 aromatic rings. The van der Waals surface area contributed by atoms with Crippen LogP contribution < -0.4 is 10.1 Å². The van der Waals surface area contributed by atoms with E-state index in [2.05, 4.69) is 27.9 Å². The molecule has 0 radical (unpaired) electrons. The van der Waals surface area contributed by atoms with Crippen LogP contribution in [0.25, 0.3) is 11.0 Å². The second-order valence-electron chi connectivity index (χ2n) is 6.21. The Hall–Kier alpha value is -2.47. The number of hydrogen-bond acceptors (Lipinski definition) is 4. The number of para-hydroxylation sites is 3. The molecule has 0 saturated carbocycles. The van der Waals surface area contributed by atoms with Gasteiger partial charge in [-0.25, -0.2) is 4.98 Å². The molecule has 1 atom stereocenters. The summed E-state index contributed by atoms with van der Waals surface area (Å²) in [4.78, 5) is 17.2. The summed E-state index contributed by atoms with van der Waals surface area (Å²) in [5.41, 5.74) is 3.13. The van der Waals surface area contributed by atoms with Crippen LogP contribution in [0.2, 0.25) is 0 Å². The number of amides is 1. The second kappa shape index (κ2) is 7.41. The first-order chi connectivity index (χ1) is 12.8. The summed E-state index contributed by atoms with van der Waals surface area (Å²) in [6.45, 7) is 3.55. The Balaban J connectivity index is 1.44. The van der Waals surface area contributed by atoms with E-state index in [0.717, 1.165) is 40.5 Å². The van der Waals surface area contributed by atoms with Crippen molar-refractivity contribution in [2.75, 3.05) is 12.4 Å². The van der Waals surface area contributed by atoms with Gasteiger partial charge in [0.2, 0.25) is 5.91 Å². The second-order valence-corrected chi connectivity index (χ2v) is 7.15. The first-order valence-electron chi connectivity index (χ1n) is 8.85. The molecule has 5 nitrogen and oxygen atoms in total. The highest BCUT2D eigenvalue weighted by molar-refractivity contribution is 7.99. The average Bonchev–Trinajstić information content (AvgIpc) is 3.04. The minimum absolute atomic E-state index is 0.0121. The highest BCUT2D eigenvalue weighted by Gasteiger charge is 2.22. The van der Waals surface area contributed by atoms with E-state index < -0.39 is 0 Å². The number of rotatable bonds is 5. The SMILES string of the molecule is CCn1c(SCC(=O)NC2CCOc3ccccc32)nc2ccccc21. The minimum atomic E-state index is 0.0121. The summed E-state index contributed by atoms with van der Waals surface area (Å²) < 4.78 is 7.81. The van der Waals surface area contributed by atoms with Crippen LogP contribution in [0.3, 0.4) is 0 Å². The summed E-state index contributed by atoms with van der Waals surface area (Å²) in [6, 6.07) is 16.0. The van der Waals surface area contributed by atoms with Gasteiger partial charge in [0, 0.05) is 18.5 Å². The number of hydrogen-bond donors (Lipinski definition) is 1. The fourth-order valence-electron chi connectivity index (χ4n) is 3.33. The number of carbonyl (C=O) groups is 1. The lowest BCUT2D eigenvalue weighted by Gasteiger charge is -2.26. The Labute approximate surface area is 156 Å². The molecular formula is C20H21N3O2S. The van der Waals surface area contributed by atoms with E-state index >= 15 is 0 Å². The molecule has 0 fully saturated rings. The Morgan fingerprint density at radius 1 is 1.27 bits per heavy atom. The number of thioether (sulfide) groups is 1. The lowest BCUT2D eigenvalue weighted by Crippen LogP contribution is -2.33. The first kappa shape index (κ1) is 17.0. The number of benzene rings is 2. The van der Waals surface area contributed by atoms with Gasteiger partial charge in [0.05, 0.1) is 29.4 Å². The lowest BCUT2D eigenvalue weighted by atomic mass is 10.0. The fraction of sp³-hybridized carbons (Fsp3) is 0.300. The molecule has 6 heteroatoms. The monoisotopic (exact) mass is 367 g/mol. The van der Waals surface area contributed by atoms with Gasteiger partial charge in [-0.05, 0) is 25.1 Å². The van der Waals surface area contributed by atoms with E-state index in [1.807, 2.05) is 42.5 Å². The molecule has 1 aliphatic heterocycles. The minimum Gasteiger partial charge on any atom is -0.493 e. The lowest BCUT2D eigenvalue weighted by molar-refractivity contribution is -0.119. The zero-order valence-electron chi connectivity index (χ0n) is 14.6. The number of carbonyl (C=O) groups excluding carboxylic acids is 1. The predicted molar refractivity (Wildman–Crippen MR) is 104 cm³/mol. The zero-order valence-corrected chi connectivity index (χ0v) is 15.5. The number of aryl methyl sites for hydroxylation is 1. The zero-order chi connectivity index (χ0) is 17.9. The van der Waals surface area contributed by atoms with Gasteiger partial charge in [-0.3, -0.25) is 4.79 Å². The Kier molecular flexibility index (Phi) is 4.84. The number of imidazole rings is 1. The van der Waals surface area contributed by atoms with Crippen LogP contribution in [0.1, 0.15) is 24.9 Å². The summed E-state index contributed by atoms with van der Waals surface area (Å²) in [6.07, 6.45) is 0.793. The van der Waals surface area contributed by atoms with Crippen LogP contribution in [-0.4, -0.2) is 27.8 Å². The van der Waals surface area contributed by atoms with Crippen molar-refractivity contribution >= 4 is 28.7 Å². The summed E-state index contributed by atoms with van der Waals surface area (Å²) in [5, 5.41) is 4.03. The Morgan fingerprint density at radius 3 is 2.96 bits per heavy atom. The molecule has 0 saturated heterocycles. The van der Waals surface area contributed by atoms with Crippen molar-refractivity contribution in [1.29, 1.82) is 0 Å². The third kappa shape index (κ3) is 3.29. The standard InChI is InChI=1S/C20H21N3O2S/c1-2-23-17-9-5-4-8-16(17)22-20(23)26-13-19(24)21-15-11-12-25-18-10-6-3-7-14(15)18/h3-10,15H,2,11-13H2,1H3,(H,21,24). The van der Waals surface area contributed by atoms with Crippen LogP contribution >= 0.6 is 11.8 Å². The molecule has 1 aliphatic rings. The van der Waals surface area contributed by atoms with Crippen molar-refractivity contribution in [2.45, 2.75) is 31.1 Å². The highest BCUT2D eigenvalue weighted by Crippen LogP contribution is 2.31. The number of fused-ring (bicyclic) bond motifs is 2. The van der Waals surface area contributed by atoms with Crippen LogP contribution in [0.4, 0.5) is 0 Å². The smallest absolute Gasteiger partial charge is 0.230 e. The number of aromatic nitrogens is 2. The molecule has 0 bridgehead atoms. The summed E-state index contributed by atoms with van der Waals surface area (Å²) in [7, 11) is 0. The normalized spacial score (nSPS) is 16.1. The van der Waals surface area contributed by atoms with Gasteiger partial charge in [0.25, 0.3) is 0 Å². The van der Waals surface area contributed by atoms with Gasteiger partial charge in [-0.2, -0.15) is 0 Å². The largest absolute Gasteiger partial charge is 0.493 e. The highest BCUT2D eigenvalue weighted by atomic mass is 32.2. The van der Waals surface area contributed by atoms with Gasteiger partial charge in [-0.15, -0.1) is 0 Å². The van der Waals surface area contributed by atoms with Crippen LogP contribution in [0.15, 0.2) is 53.7 Å². The third-order valence-corrected chi connectivity index (χ3v) is 5.54. The van der Waals surface area contributed by atoms with Gasteiger partial charge in [0.1, 0.15) is 5.75 Å². The van der Waals surface area contributed by atoms with Crippen LogP contribution in [-0.2, 0) is 11.3 Å². The molecule has 134 valence electrons. The molecule has 0 aliphatic carbocycles. The van der Waals surface area contributed by atoms with Crippen molar-refractivity contribution in [3.05, 3.63) is 54.1 Å². The maximum absolute atomic E-state index is 12.5. The van der Waals surface area contributed by atoms with Gasteiger partial charge in [-0.1, -0.05) is 42.1 Å². The maximum Gasteiger partial charge on any atom is 0.230 e. The van der Waals surface area contributed by atoms with E-state index in [1.54, 1.807) is 0 Å². The Bertz CT molecular complexity index is 938. The molecule has 1 unspecified atom stereocenters. The van der Waals surface area contributed by atoms with E-state index in [0.29, 0.717) is 12.4 Å². The van der Waals surface area contributed by atoms with Gasteiger partial charge >= 0.3 is 0 Å². The number of nitrogens with one attached hydrogen (secondary N) is 1. The molecule has 1 amide bonds. The fourth-order valence-corrected chi connectivity index (χ4v) is 4.22. The summed E-state index contributed by atoms with van der Waals surface area (Å²) >= 11 is 1.48. The molecule has 1 N–H and O–H groups in total. The topological polar surface area (TPSA) is 56.2 Å². The molecule has 0 spiro atoms. The van der Waals surface area contributed by atoms with Crippen LogP contribution in [0.5, 0.6) is 5.75 Å². The van der Waals surface area contributed by atoms with Crippen molar-refractivity contribution < 1.29 is 9.53 Å². The first-order valence-corrected chi connectivity index (χ1v) is 9.84. The molecule has 26 heavy (non-hydrogen) atoms. The molecule has 2 aromatic carbocycles. The van der Waals surface area contributed by atoms with E-state index in [4.69, 9.17) is 4.74 Å². The maximum atomic E-state index is 12.5. The van der Waals surface area contributed by atoms with Gasteiger partial charge < -0.3 is 14.6 Å². The van der Waals surface area contributed by atoms with Crippen molar-refractivity contribution in [3.63, 3.8) is 0 Å². The number of ether oxygens (including phenoxy) is 1. The molecule has 4 rings (SSSR count). The van der Waals surface area contributed by atoms with E-state index in [9.17, 15) is 4.79 Å². The van der Waals surface area contributed by atoms with Crippen LogP contribution in [0, 0.1) is 0 Å². The van der Waals surface area contributed by atoms with E-state index in [-0.39, 0.29) is 11.9 Å². The van der Waals surface area contributed by atoms with Crippen molar-refractivity contribution in [1.82, 2.24) is 14.9 Å². The average molecular weight is 367 g/mol. The number of nitrogens with zero attached hydrogens (tertiary/aromatic N) is 2.